The minimum atomic E-state index is -0.584. The first-order valence-electron chi connectivity index (χ1n) is 8.66. The van der Waals surface area contributed by atoms with Crippen LogP contribution in [-0.2, 0) is 6.42 Å². The number of hydrogen-bond acceptors (Lipinski definition) is 5. The number of amides is 1. The summed E-state index contributed by atoms with van der Waals surface area (Å²) < 4.78 is 5.39. The fourth-order valence-corrected chi connectivity index (χ4v) is 5.41. The Labute approximate surface area is 163 Å². The average Bonchev–Trinajstić information content (AvgIpc) is 3.37. The van der Waals surface area contributed by atoms with Gasteiger partial charge < -0.3 is 9.32 Å². The molecule has 0 radical (unpaired) electrons. The molecule has 1 aromatic carbocycles. The Bertz CT molecular complexity index is 1190. The quantitative estimate of drug-likeness (QED) is 0.464. The van der Waals surface area contributed by atoms with Gasteiger partial charge in [-0.25, -0.2) is 4.79 Å². The Kier molecular flexibility index (Phi) is 3.95. The number of rotatable bonds is 2. The first-order chi connectivity index (χ1) is 13.2. The van der Waals surface area contributed by atoms with Crippen LogP contribution in [0.2, 0.25) is 0 Å². The highest BCUT2D eigenvalue weighted by Gasteiger charge is 2.35. The van der Waals surface area contributed by atoms with Gasteiger partial charge >= 0.3 is 5.63 Å². The van der Waals surface area contributed by atoms with Crippen LogP contribution in [-0.4, -0.2) is 17.4 Å². The summed E-state index contributed by atoms with van der Waals surface area (Å²) >= 11 is 3.36. The summed E-state index contributed by atoms with van der Waals surface area (Å²) in [5, 5.41) is 4.84. The number of carbonyl (C=O) groups excluding carboxylic acids is 1. The summed E-state index contributed by atoms with van der Waals surface area (Å²) in [6, 6.07) is 14.9. The Hall–Kier alpha value is -2.70. The van der Waals surface area contributed by atoms with Gasteiger partial charge in [-0.1, -0.05) is 24.3 Å². The molecule has 1 aliphatic rings. The van der Waals surface area contributed by atoms with Crippen LogP contribution in [0, 0.1) is 0 Å². The van der Waals surface area contributed by atoms with E-state index in [9.17, 15) is 9.59 Å². The van der Waals surface area contributed by atoms with Crippen molar-refractivity contribution in [2.24, 2.45) is 0 Å². The molecule has 4 heterocycles. The van der Waals surface area contributed by atoms with Crippen LogP contribution in [0.4, 0.5) is 0 Å². The Morgan fingerprint density at radius 2 is 1.96 bits per heavy atom. The van der Waals surface area contributed by atoms with Gasteiger partial charge in [0.2, 0.25) is 0 Å². The maximum absolute atomic E-state index is 13.4. The summed E-state index contributed by atoms with van der Waals surface area (Å²) in [6.07, 6.45) is 0.805. The number of fused-ring (bicyclic) bond motifs is 2. The van der Waals surface area contributed by atoms with Crippen LogP contribution in [0.5, 0.6) is 0 Å². The second-order valence-electron chi connectivity index (χ2n) is 6.45. The molecule has 0 spiro atoms. The van der Waals surface area contributed by atoms with Gasteiger partial charge in [-0.3, -0.25) is 4.79 Å². The van der Waals surface area contributed by atoms with Crippen molar-refractivity contribution < 1.29 is 9.21 Å². The van der Waals surface area contributed by atoms with Crippen molar-refractivity contribution in [3.05, 3.63) is 90.6 Å². The maximum Gasteiger partial charge on any atom is 0.349 e. The summed E-state index contributed by atoms with van der Waals surface area (Å²) in [6.45, 7) is 0.585. The van der Waals surface area contributed by atoms with Crippen LogP contribution in [0.3, 0.4) is 0 Å². The second kappa shape index (κ2) is 6.48. The van der Waals surface area contributed by atoms with E-state index in [1.807, 2.05) is 40.6 Å². The lowest BCUT2D eigenvalue weighted by Gasteiger charge is -2.35. The summed E-state index contributed by atoms with van der Waals surface area (Å²) in [4.78, 5) is 30.1. The number of carbonyl (C=O) groups is 1. The van der Waals surface area contributed by atoms with Gasteiger partial charge in [-0.05, 0) is 47.0 Å². The van der Waals surface area contributed by atoms with Crippen molar-refractivity contribution in [2.75, 3.05) is 6.54 Å². The van der Waals surface area contributed by atoms with Gasteiger partial charge in [-0.2, -0.15) is 0 Å². The lowest BCUT2D eigenvalue weighted by molar-refractivity contribution is 0.0694. The molecule has 134 valence electrons. The smallest absolute Gasteiger partial charge is 0.349 e. The molecule has 5 rings (SSSR count). The normalized spacial score (nSPS) is 16.4. The van der Waals surface area contributed by atoms with Gasteiger partial charge in [0.25, 0.3) is 5.91 Å². The molecule has 0 fully saturated rings. The minimum Gasteiger partial charge on any atom is -0.422 e. The Morgan fingerprint density at radius 3 is 2.81 bits per heavy atom. The fraction of sp³-hybridized carbons (Fsp3) is 0.143. The molecule has 4 nitrogen and oxygen atoms in total. The molecule has 0 aliphatic carbocycles. The van der Waals surface area contributed by atoms with E-state index < -0.39 is 5.63 Å². The van der Waals surface area contributed by atoms with Gasteiger partial charge in [-0.15, -0.1) is 22.7 Å². The number of nitrogens with zero attached hydrogens (tertiary/aromatic N) is 1. The predicted molar refractivity (Wildman–Crippen MR) is 108 cm³/mol. The lowest BCUT2D eigenvalue weighted by Crippen LogP contribution is -2.41. The molecule has 0 unspecified atom stereocenters. The third kappa shape index (κ3) is 2.72. The molecule has 6 heteroatoms. The number of benzene rings is 1. The van der Waals surface area contributed by atoms with E-state index in [1.165, 1.54) is 4.88 Å². The maximum atomic E-state index is 13.4. The molecule has 0 bridgehead atoms. The first-order valence-corrected chi connectivity index (χ1v) is 10.4. The standard InChI is InChI=1S/C21H15NO3S2/c23-20(15-12-13-4-1-2-5-16(13)25-21(15)24)22-9-7-17-14(8-11-27-17)19(22)18-6-3-10-26-18/h1-6,8,10-12,19H,7,9H2/t19-/m0/s1. The van der Waals surface area contributed by atoms with Crippen LogP contribution in [0.15, 0.2) is 68.5 Å². The molecule has 1 amide bonds. The Morgan fingerprint density at radius 1 is 1.07 bits per heavy atom. The van der Waals surface area contributed by atoms with Gasteiger partial charge in [0.05, 0.1) is 6.04 Å². The van der Waals surface area contributed by atoms with E-state index in [4.69, 9.17) is 4.42 Å². The SMILES string of the molecule is O=C(c1cc2ccccc2oc1=O)N1CCc2sccc2[C@H]1c1cccs1. The van der Waals surface area contributed by atoms with Gasteiger partial charge in [0, 0.05) is 21.7 Å². The number of hydrogen-bond donors (Lipinski definition) is 0. The summed E-state index contributed by atoms with van der Waals surface area (Å²) in [5.74, 6) is -0.273. The van der Waals surface area contributed by atoms with E-state index in [0.29, 0.717) is 12.1 Å². The van der Waals surface area contributed by atoms with E-state index in [2.05, 4.69) is 11.4 Å². The van der Waals surface area contributed by atoms with Crippen molar-refractivity contribution >= 4 is 39.5 Å². The first kappa shape index (κ1) is 16.5. The van der Waals surface area contributed by atoms with Crippen molar-refractivity contribution in [1.82, 2.24) is 4.90 Å². The van der Waals surface area contributed by atoms with Crippen molar-refractivity contribution in [3.63, 3.8) is 0 Å². The molecule has 1 aliphatic heterocycles. The zero-order valence-electron chi connectivity index (χ0n) is 14.3. The molecule has 0 saturated carbocycles. The minimum absolute atomic E-state index is 0.0916. The largest absolute Gasteiger partial charge is 0.422 e. The van der Waals surface area contributed by atoms with E-state index in [1.54, 1.807) is 34.8 Å². The molecular formula is C21H15NO3S2. The molecular weight excluding hydrogens is 378 g/mol. The van der Waals surface area contributed by atoms with Gasteiger partial charge in [0.15, 0.2) is 0 Å². The molecule has 1 atom stereocenters. The molecule has 3 aromatic heterocycles. The van der Waals surface area contributed by atoms with Crippen LogP contribution in [0.1, 0.15) is 31.7 Å². The van der Waals surface area contributed by atoms with E-state index >= 15 is 0 Å². The summed E-state index contributed by atoms with van der Waals surface area (Å²) in [5.41, 5.74) is 1.16. The average molecular weight is 393 g/mol. The topological polar surface area (TPSA) is 50.5 Å². The zero-order valence-corrected chi connectivity index (χ0v) is 15.9. The van der Waals surface area contributed by atoms with Crippen molar-refractivity contribution in [2.45, 2.75) is 12.5 Å². The van der Waals surface area contributed by atoms with Crippen LogP contribution < -0.4 is 5.63 Å². The highest BCUT2D eigenvalue weighted by molar-refractivity contribution is 7.10. The highest BCUT2D eigenvalue weighted by atomic mass is 32.1. The Balaban J connectivity index is 1.62. The van der Waals surface area contributed by atoms with Crippen molar-refractivity contribution in [1.29, 1.82) is 0 Å². The predicted octanol–water partition coefficient (Wildman–Crippen LogP) is 4.70. The molecule has 0 saturated heterocycles. The van der Waals surface area contributed by atoms with E-state index in [0.717, 1.165) is 22.2 Å². The van der Waals surface area contributed by atoms with Crippen LogP contribution >= 0.6 is 22.7 Å². The molecule has 4 aromatic rings. The second-order valence-corrected chi connectivity index (χ2v) is 8.43. The third-order valence-electron chi connectivity index (χ3n) is 4.91. The van der Waals surface area contributed by atoms with Gasteiger partial charge in [0.1, 0.15) is 11.1 Å². The number of para-hydroxylation sites is 1. The molecule has 27 heavy (non-hydrogen) atoms. The van der Waals surface area contributed by atoms with Crippen LogP contribution in [0.25, 0.3) is 11.0 Å². The molecule has 0 N–H and O–H groups in total. The third-order valence-corrected chi connectivity index (χ3v) is 6.83. The highest BCUT2D eigenvalue weighted by Crippen LogP contribution is 2.40. The lowest BCUT2D eigenvalue weighted by atomic mass is 9.97. The zero-order chi connectivity index (χ0) is 18.4. The summed E-state index contributed by atoms with van der Waals surface area (Å²) in [7, 11) is 0. The monoisotopic (exact) mass is 393 g/mol. The van der Waals surface area contributed by atoms with Crippen molar-refractivity contribution in [3.8, 4) is 0 Å². The van der Waals surface area contributed by atoms with E-state index in [-0.39, 0.29) is 17.5 Å². The fourth-order valence-electron chi connectivity index (χ4n) is 3.65. The number of thiophene rings is 2.